The van der Waals surface area contributed by atoms with Crippen molar-refractivity contribution in [2.24, 2.45) is 11.5 Å². The van der Waals surface area contributed by atoms with Gasteiger partial charge in [0.2, 0.25) is 0 Å². The first kappa shape index (κ1) is 19.0. The van der Waals surface area contributed by atoms with Crippen LogP contribution in [0.15, 0.2) is 0 Å². The van der Waals surface area contributed by atoms with E-state index in [2.05, 4.69) is 4.74 Å². The second-order valence-corrected chi connectivity index (χ2v) is 6.96. The summed E-state index contributed by atoms with van der Waals surface area (Å²) in [5, 5.41) is -0.512. The van der Waals surface area contributed by atoms with E-state index >= 15 is 0 Å². The molecule has 0 rings (SSSR count). The monoisotopic (exact) mass is 308 g/mol. The van der Waals surface area contributed by atoms with Crippen LogP contribution in [0.5, 0.6) is 0 Å². The van der Waals surface area contributed by atoms with Crippen LogP contribution >= 0.6 is 0 Å². The molecule has 0 aromatic rings. The summed E-state index contributed by atoms with van der Waals surface area (Å²) < 4.78 is 28.7. The molecule has 0 saturated carbocycles. The van der Waals surface area contributed by atoms with E-state index in [1.54, 1.807) is 0 Å². The van der Waals surface area contributed by atoms with Crippen LogP contribution in [-0.2, 0) is 24.2 Å². The fourth-order valence-corrected chi connectivity index (χ4v) is 3.93. The van der Waals surface area contributed by atoms with Crippen LogP contribution in [0.1, 0.15) is 39.5 Å². The van der Waals surface area contributed by atoms with Crippen molar-refractivity contribution in [3.63, 3.8) is 0 Å². The molecule has 7 nitrogen and oxygen atoms in total. The Morgan fingerprint density at radius 3 is 2.05 bits per heavy atom. The van der Waals surface area contributed by atoms with Gasteiger partial charge in [-0.05, 0) is 12.8 Å². The molecule has 118 valence electrons. The van der Waals surface area contributed by atoms with Gasteiger partial charge in [-0.2, -0.15) is 0 Å². The Morgan fingerprint density at radius 2 is 1.65 bits per heavy atom. The fourth-order valence-electron chi connectivity index (χ4n) is 1.83. The SMILES string of the molecule is CCCC(CCC)S(=O)(=O)C[C@H](N)C(=O)OC(=O)CN. The van der Waals surface area contributed by atoms with Crippen LogP contribution in [0.3, 0.4) is 0 Å². The number of hydrogen-bond donors (Lipinski definition) is 2. The number of carbonyl (C=O) groups is 2. The third kappa shape index (κ3) is 6.44. The Labute approximate surface area is 119 Å². The maximum atomic E-state index is 12.2. The van der Waals surface area contributed by atoms with Crippen molar-refractivity contribution in [1.29, 1.82) is 0 Å². The number of hydrogen-bond acceptors (Lipinski definition) is 7. The first-order valence-electron chi connectivity index (χ1n) is 6.70. The second-order valence-electron chi connectivity index (χ2n) is 4.63. The highest BCUT2D eigenvalue weighted by atomic mass is 32.2. The Kier molecular flexibility index (Phi) is 8.59. The smallest absolute Gasteiger partial charge is 0.331 e. The van der Waals surface area contributed by atoms with Gasteiger partial charge in [-0.25, -0.2) is 13.2 Å². The molecule has 0 unspecified atom stereocenters. The molecule has 0 radical (unpaired) electrons. The van der Waals surface area contributed by atoms with E-state index in [0.29, 0.717) is 12.8 Å². The third-order valence-corrected chi connectivity index (χ3v) is 5.14. The molecule has 0 fully saturated rings. The van der Waals surface area contributed by atoms with Gasteiger partial charge >= 0.3 is 11.9 Å². The Balaban J connectivity index is 4.71. The summed E-state index contributed by atoms with van der Waals surface area (Å²) in [6, 6.07) is -1.37. The van der Waals surface area contributed by atoms with E-state index in [9.17, 15) is 18.0 Å². The molecule has 0 aliphatic carbocycles. The predicted octanol–water partition coefficient (Wildman–Crippen LogP) is -0.274. The highest BCUT2D eigenvalue weighted by Crippen LogP contribution is 2.16. The molecular weight excluding hydrogens is 284 g/mol. The molecule has 8 heteroatoms. The number of esters is 2. The van der Waals surface area contributed by atoms with Crippen LogP contribution in [-0.4, -0.2) is 43.9 Å². The minimum atomic E-state index is -3.50. The van der Waals surface area contributed by atoms with Gasteiger partial charge in [0.1, 0.15) is 6.04 Å². The van der Waals surface area contributed by atoms with Crippen molar-refractivity contribution in [3.8, 4) is 0 Å². The molecule has 0 bridgehead atoms. The number of nitrogens with two attached hydrogens (primary N) is 2. The minimum Gasteiger partial charge on any atom is -0.391 e. The van der Waals surface area contributed by atoms with Crippen LogP contribution in [0, 0.1) is 0 Å². The van der Waals surface area contributed by atoms with Crippen molar-refractivity contribution in [2.45, 2.75) is 50.8 Å². The van der Waals surface area contributed by atoms with E-state index in [-0.39, 0.29) is 0 Å². The summed E-state index contributed by atoms with van der Waals surface area (Å²) in [6.45, 7) is 3.33. The molecule has 0 aromatic carbocycles. The lowest BCUT2D eigenvalue weighted by molar-refractivity contribution is -0.159. The Hall–Kier alpha value is -0.990. The Bertz CT molecular complexity index is 416. The average Bonchev–Trinajstić information content (AvgIpc) is 2.37. The summed E-state index contributed by atoms with van der Waals surface area (Å²) in [5.74, 6) is -2.51. The highest BCUT2D eigenvalue weighted by Gasteiger charge is 2.30. The van der Waals surface area contributed by atoms with E-state index in [0.717, 1.165) is 12.8 Å². The van der Waals surface area contributed by atoms with Crippen LogP contribution < -0.4 is 11.5 Å². The molecule has 4 N–H and O–H groups in total. The average molecular weight is 308 g/mol. The zero-order chi connectivity index (χ0) is 15.8. The molecule has 0 aliphatic heterocycles. The molecule has 0 spiro atoms. The maximum Gasteiger partial charge on any atom is 0.331 e. The quantitative estimate of drug-likeness (QED) is 0.443. The van der Waals surface area contributed by atoms with Crippen molar-refractivity contribution < 1.29 is 22.7 Å². The number of ether oxygens (including phenoxy) is 1. The lowest BCUT2D eigenvalue weighted by Gasteiger charge is -2.18. The van der Waals surface area contributed by atoms with E-state index in [1.807, 2.05) is 13.8 Å². The Morgan fingerprint density at radius 1 is 1.15 bits per heavy atom. The fraction of sp³-hybridized carbons (Fsp3) is 0.833. The van der Waals surface area contributed by atoms with Crippen molar-refractivity contribution in [3.05, 3.63) is 0 Å². The van der Waals surface area contributed by atoms with Crippen molar-refractivity contribution in [2.75, 3.05) is 12.3 Å². The van der Waals surface area contributed by atoms with Gasteiger partial charge in [0.15, 0.2) is 9.84 Å². The van der Waals surface area contributed by atoms with Gasteiger partial charge in [-0.1, -0.05) is 26.7 Å². The summed E-state index contributed by atoms with van der Waals surface area (Å²) in [4.78, 5) is 22.3. The second kappa shape index (κ2) is 9.04. The molecule has 0 heterocycles. The van der Waals surface area contributed by atoms with E-state index in [1.165, 1.54) is 0 Å². The van der Waals surface area contributed by atoms with Gasteiger partial charge in [0, 0.05) is 0 Å². The number of rotatable bonds is 9. The molecular formula is C12H24N2O5S. The van der Waals surface area contributed by atoms with Gasteiger partial charge in [-0.3, -0.25) is 4.79 Å². The van der Waals surface area contributed by atoms with Crippen LogP contribution in [0.2, 0.25) is 0 Å². The lowest BCUT2D eigenvalue weighted by atomic mass is 10.2. The molecule has 20 heavy (non-hydrogen) atoms. The summed E-state index contributed by atoms with van der Waals surface area (Å²) >= 11 is 0. The summed E-state index contributed by atoms with van der Waals surface area (Å²) in [7, 11) is -3.50. The highest BCUT2D eigenvalue weighted by molar-refractivity contribution is 7.92. The van der Waals surface area contributed by atoms with Crippen LogP contribution in [0.4, 0.5) is 0 Å². The van der Waals surface area contributed by atoms with E-state index < -0.39 is 45.4 Å². The molecule has 0 aromatic heterocycles. The number of sulfone groups is 1. The molecule has 0 amide bonds. The summed E-state index contributed by atoms with van der Waals surface area (Å²) in [6.07, 6.45) is 2.52. The first-order valence-corrected chi connectivity index (χ1v) is 8.41. The summed E-state index contributed by atoms with van der Waals surface area (Å²) in [5.41, 5.74) is 10.5. The van der Waals surface area contributed by atoms with Gasteiger partial charge in [0.25, 0.3) is 0 Å². The minimum absolute atomic E-state index is 0.459. The molecule has 1 atom stereocenters. The van der Waals surface area contributed by atoms with Crippen molar-refractivity contribution in [1.82, 2.24) is 0 Å². The normalized spacial score (nSPS) is 13.2. The topological polar surface area (TPSA) is 130 Å². The first-order chi connectivity index (χ1) is 9.28. The zero-order valence-corrected chi connectivity index (χ0v) is 12.8. The largest absolute Gasteiger partial charge is 0.391 e. The molecule has 0 aliphatic rings. The zero-order valence-electron chi connectivity index (χ0n) is 12.0. The standard InChI is InChI=1S/C12H24N2O5S/c1-3-5-9(6-4-2)20(17,18)8-10(14)12(16)19-11(15)7-13/h9-10H,3-8,13-14H2,1-2H3/t10-/m0/s1. The van der Waals surface area contributed by atoms with Gasteiger partial charge in [0.05, 0.1) is 17.5 Å². The van der Waals surface area contributed by atoms with Gasteiger partial charge in [-0.15, -0.1) is 0 Å². The van der Waals surface area contributed by atoms with Crippen molar-refractivity contribution >= 4 is 21.8 Å². The van der Waals surface area contributed by atoms with E-state index in [4.69, 9.17) is 11.5 Å². The van der Waals surface area contributed by atoms with Gasteiger partial charge < -0.3 is 16.2 Å². The number of carbonyl (C=O) groups excluding carboxylic acids is 2. The maximum absolute atomic E-state index is 12.2. The van der Waals surface area contributed by atoms with Crippen LogP contribution in [0.25, 0.3) is 0 Å². The predicted molar refractivity (Wildman–Crippen MR) is 75.5 cm³/mol. The lowest BCUT2D eigenvalue weighted by Crippen LogP contribution is -2.42. The third-order valence-electron chi connectivity index (χ3n) is 2.82. The molecule has 0 saturated heterocycles.